The molecule has 0 unspecified atom stereocenters. The van der Waals surface area contributed by atoms with Gasteiger partial charge in [-0.15, -0.1) is 0 Å². The van der Waals surface area contributed by atoms with Gasteiger partial charge in [0.15, 0.2) is 0 Å². The summed E-state index contributed by atoms with van der Waals surface area (Å²) in [6.07, 6.45) is 5.18. The van der Waals surface area contributed by atoms with Crippen LogP contribution < -0.4 is 10.1 Å². The first-order valence-electron chi connectivity index (χ1n) is 6.49. The van der Waals surface area contributed by atoms with Crippen molar-refractivity contribution in [1.82, 2.24) is 15.0 Å². The van der Waals surface area contributed by atoms with E-state index in [1.165, 1.54) is 0 Å². The molecule has 6 nitrogen and oxygen atoms in total. The number of nitrogens with one attached hydrogen (secondary N) is 3. The van der Waals surface area contributed by atoms with Crippen LogP contribution in [0.1, 0.15) is 11.3 Å². The Morgan fingerprint density at radius 1 is 1.24 bits per heavy atom. The lowest BCUT2D eigenvalue weighted by Gasteiger charge is -2.01. The predicted octanol–water partition coefficient (Wildman–Crippen LogP) is 2.39. The van der Waals surface area contributed by atoms with E-state index >= 15 is 0 Å². The summed E-state index contributed by atoms with van der Waals surface area (Å²) in [5, 5.41) is 2.86. The van der Waals surface area contributed by atoms with Crippen molar-refractivity contribution in [3.05, 3.63) is 42.0 Å². The molecule has 0 aliphatic carbocycles. The van der Waals surface area contributed by atoms with E-state index in [2.05, 4.69) is 20.3 Å². The standard InChI is InChI=1S/C15H12N4O2/c1-21-12-4-5-16-11(12)6-8-13-9(19-15(8)20)2-3-10-14(13)18-7-17-10/h2-7,16H,1H3,(H,17,18)(H,19,20)/b8-6+. The van der Waals surface area contributed by atoms with Crippen molar-refractivity contribution in [2.75, 3.05) is 12.4 Å². The van der Waals surface area contributed by atoms with Gasteiger partial charge < -0.3 is 20.0 Å². The minimum Gasteiger partial charge on any atom is -0.495 e. The number of carbonyl (C=O) groups excluding carboxylic acids is 1. The van der Waals surface area contributed by atoms with Crippen molar-refractivity contribution >= 4 is 34.3 Å². The summed E-state index contributed by atoms with van der Waals surface area (Å²) in [5.41, 5.74) is 4.59. The maximum Gasteiger partial charge on any atom is 0.256 e. The molecule has 3 aromatic rings. The number of carbonyl (C=O) groups is 1. The van der Waals surface area contributed by atoms with Crippen LogP contribution in [0.25, 0.3) is 22.7 Å². The molecule has 0 atom stereocenters. The maximum atomic E-state index is 12.3. The van der Waals surface area contributed by atoms with Gasteiger partial charge in [0.2, 0.25) is 0 Å². The normalized spacial score (nSPS) is 15.5. The van der Waals surface area contributed by atoms with Crippen LogP contribution in [0.15, 0.2) is 30.7 Å². The number of aromatic amines is 2. The molecule has 1 aliphatic heterocycles. The van der Waals surface area contributed by atoms with Crippen LogP contribution >= 0.6 is 0 Å². The van der Waals surface area contributed by atoms with Crippen molar-refractivity contribution < 1.29 is 9.53 Å². The number of imidazole rings is 1. The third-order valence-electron chi connectivity index (χ3n) is 3.60. The SMILES string of the molecule is COc1cc[nH]c1/C=C1/C(=O)Nc2ccc3[nH]cnc3c21. The Morgan fingerprint density at radius 3 is 3.00 bits per heavy atom. The number of nitrogens with zero attached hydrogens (tertiary/aromatic N) is 1. The second kappa shape index (κ2) is 4.24. The average Bonchev–Trinajstić information content (AvgIpc) is 3.18. The fourth-order valence-electron chi connectivity index (χ4n) is 2.63. The summed E-state index contributed by atoms with van der Waals surface area (Å²) < 4.78 is 5.26. The highest BCUT2D eigenvalue weighted by molar-refractivity contribution is 6.37. The predicted molar refractivity (Wildman–Crippen MR) is 79.9 cm³/mol. The molecule has 0 spiro atoms. The number of aromatic nitrogens is 3. The number of fused-ring (bicyclic) bond motifs is 3. The zero-order valence-corrected chi connectivity index (χ0v) is 11.2. The molecule has 1 aliphatic rings. The van der Waals surface area contributed by atoms with Crippen LogP contribution in [0.3, 0.4) is 0 Å². The fourth-order valence-corrected chi connectivity index (χ4v) is 2.63. The van der Waals surface area contributed by atoms with Gasteiger partial charge in [-0.2, -0.15) is 0 Å². The van der Waals surface area contributed by atoms with Crippen molar-refractivity contribution in [2.24, 2.45) is 0 Å². The molecule has 0 saturated carbocycles. The monoisotopic (exact) mass is 280 g/mol. The average molecular weight is 280 g/mol. The Morgan fingerprint density at radius 2 is 2.14 bits per heavy atom. The van der Waals surface area contributed by atoms with Crippen LogP contribution in [0, 0.1) is 0 Å². The molecule has 0 saturated heterocycles. The molecule has 0 bridgehead atoms. The van der Waals surface area contributed by atoms with Crippen LogP contribution in [-0.2, 0) is 4.79 Å². The molecular formula is C15H12N4O2. The van der Waals surface area contributed by atoms with E-state index < -0.39 is 0 Å². The van der Waals surface area contributed by atoms with Gasteiger partial charge in [0.05, 0.1) is 41.4 Å². The van der Waals surface area contributed by atoms with Crippen LogP contribution in [0.5, 0.6) is 5.75 Å². The molecule has 104 valence electrons. The minimum absolute atomic E-state index is 0.142. The second-order valence-corrected chi connectivity index (χ2v) is 4.76. The summed E-state index contributed by atoms with van der Waals surface area (Å²) in [7, 11) is 1.60. The van der Waals surface area contributed by atoms with E-state index in [-0.39, 0.29) is 5.91 Å². The van der Waals surface area contributed by atoms with E-state index in [0.717, 1.165) is 28.0 Å². The Labute approximate surface area is 119 Å². The number of methoxy groups -OCH3 is 1. The van der Waals surface area contributed by atoms with E-state index in [0.29, 0.717) is 11.3 Å². The smallest absolute Gasteiger partial charge is 0.256 e. The van der Waals surface area contributed by atoms with Crippen molar-refractivity contribution in [1.29, 1.82) is 0 Å². The lowest BCUT2D eigenvalue weighted by molar-refractivity contribution is -0.110. The lowest BCUT2D eigenvalue weighted by atomic mass is 10.0. The quantitative estimate of drug-likeness (QED) is 0.630. The van der Waals surface area contributed by atoms with Gasteiger partial charge in [0.25, 0.3) is 5.91 Å². The lowest BCUT2D eigenvalue weighted by Crippen LogP contribution is -2.03. The first-order valence-corrected chi connectivity index (χ1v) is 6.49. The molecule has 3 N–H and O–H groups in total. The topological polar surface area (TPSA) is 82.8 Å². The number of rotatable bonds is 2. The molecule has 3 heterocycles. The van der Waals surface area contributed by atoms with Gasteiger partial charge in [-0.05, 0) is 24.3 Å². The van der Waals surface area contributed by atoms with Gasteiger partial charge in [0, 0.05) is 11.8 Å². The fraction of sp³-hybridized carbons (Fsp3) is 0.0667. The molecule has 0 radical (unpaired) electrons. The number of hydrogen-bond acceptors (Lipinski definition) is 3. The van der Waals surface area contributed by atoms with E-state index in [9.17, 15) is 4.79 Å². The molecule has 4 rings (SSSR count). The molecule has 0 fully saturated rings. The van der Waals surface area contributed by atoms with E-state index in [1.54, 1.807) is 25.7 Å². The summed E-state index contributed by atoms with van der Waals surface area (Å²) >= 11 is 0. The largest absolute Gasteiger partial charge is 0.495 e. The Kier molecular flexibility index (Phi) is 2.38. The third-order valence-corrected chi connectivity index (χ3v) is 3.60. The minimum atomic E-state index is -0.142. The van der Waals surface area contributed by atoms with Gasteiger partial charge in [0.1, 0.15) is 5.75 Å². The van der Waals surface area contributed by atoms with E-state index in [1.807, 2.05) is 18.2 Å². The number of H-pyrrole nitrogens is 2. The van der Waals surface area contributed by atoms with Crippen LogP contribution in [0.4, 0.5) is 5.69 Å². The summed E-state index contributed by atoms with van der Waals surface area (Å²) in [5.74, 6) is 0.551. The molecule has 2 aromatic heterocycles. The van der Waals surface area contributed by atoms with Crippen molar-refractivity contribution in [3.63, 3.8) is 0 Å². The second-order valence-electron chi connectivity index (χ2n) is 4.76. The zero-order chi connectivity index (χ0) is 14.4. The highest BCUT2D eigenvalue weighted by Crippen LogP contribution is 2.38. The van der Waals surface area contributed by atoms with Crippen LogP contribution in [0.2, 0.25) is 0 Å². The van der Waals surface area contributed by atoms with Gasteiger partial charge in [-0.3, -0.25) is 4.79 Å². The number of anilines is 1. The molecule has 6 heteroatoms. The number of hydrogen-bond donors (Lipinski definition) is 3. The van der Waals surface area contributed by atoms with Crippen molar-refractivity contribution in [3.8, 4) is 5.75 Å². The first kappa shape index (κ1) is 11.8. The molecule has 1 aromatic carbocycles. The third kappa shape index (κ3) is 1.66. The molecular weight excluding hydrogens is 268 g/mol. The highest BCUT2D eigenvalue weighted by Gasteiger charge is 2.27. The zero-order valence-electron chi connectivity index (χ0n) is 11.2. The number of amides is 1. The summed E-state index contributed by atoms with van der Waals surface area (Å²) in [6.45, 7) is 0. The highest BCUT2D eigenvalue weighted by atomic mass is 16.5. The maximum absolute atomic E-state index is 12.3. The molecule has 21 heavy (non-hydrogen) atoms. The van der Waals surface area contributed by atoms with Gasteiger partial charge in [-0.1, -0.05) is 0 Å². The number of benzene rings is 1. The van der Waals surface area contributed by atoms with Crippen molar-refractivity contribution in [2.45, 2.75) is 0 Å². The summed E-state index contributed by atoms with van der Waals surface area (Å²) in [4.78, 5) is 22.7. The van der Waals surface area contributed by atoms with Crippen LogP contribution in [-0.4, -0.2) is 28.0 Å². The first-order chi connectivity index (χ1) is 10.3. The Hall–Kier alpha value is -3.02. The van der Waals surface area contributed by atoms with Gasteiger partial charge >= 0.3 is 0 Å². The Balaban J connectivity index is 1.96. The van der Waals surface area contributed by atoms with Gasteiger partial charge in [-0.25, -0.2) is 4.98 Å². The Bertz CT molecular complexity index is 888. The van der Waals surface area contributed by atoms with E-state index in [4.69, 9.17) is 4.74 Å². The molecule has 1 amide bonds. The summed E-state index contributed by atoms with van der Waals surface area (Å²) in [6, 6.07) is 5.59. The number of ether oxygens (including phenoxy) is 1.